The van der Waals surface area contributed by atoms with Gasteiger partial charge < -0.3 is 20.7 Å². The van der Waals surface area contributed by atoms with Crippen LogP contribution in [0.5, 0.6) is 0 Å². The highest BCUT2D eigenvalue weighted by Crippen LogP contribution is 2.39. The molecular weight excluding hydrogens is 498 g/mol. The molecule has 1 aliphatic rings. The first-order valence-electron chi connectivity index (χ1n) is 13.1. The Labute approximate surface area is 228 Å². The van der Waals surface area contributed by atoms with Crippen molar-refractivity contribution in [3.05, 3.63) is 59.7 Å². The number of anilines is 1. The van der Waals surface area contributed by atoms with Gasteiger partial charge in [-0.15, -0.1) is 0 Å². The summed E-state index contributed by atoms with van der Waals surface area (Å²) < 4.78 is 0. The zero-order valence-corrected chi connectivity index (χ0v) is 23.0. The van der Waals surface area contributed by atoms with Gasteiger partial charge in [-0.2, -0.15) is 16.8 Å². The van der Waals surface area contributed by atoms with Gasteiger partial charge in [0.15, 0.2) is 5.54 Å². The third-order valence-corrected chi connectivity index (χ3v) is 7.55. The summed E-state index contributed by atoms with van der Waals surface area (Å²) in [7, 11) is 2.09. The van der Waals surface area contributed by atoms with Crippen molar-refractivity contribution < 1.29 is 14.7 Å². The largest absolute Gasteiger partial charge is 0.479 e. The molecule has 3 aromatic rings. The van der Waals surface area contributed by atoms with Crippen LogP contribution in [0, 0.1) is 11.8 Å². The minimum Gasteiger partial charge on any atom is -0.479 e. The van der Waals surface area contributed by atoms with Crippen LogP contribution in [0.15, 0.2) is 48.5 Å². The number of fused-ring (bicyclic) bond motifs is 1. The average molecular weight is 536 g/mol. The normalized spacial score (nSPS) is 16.1. The Morgan fingerprint density at radius 1 is 1.29 bits per heavy atom. The van der Waals surface area contributed by atoms with Crippen LogP contribution in [0.1, 0.15) is 43.2 Å². The maximum Gasteiger partial charge on any atom is 0.336 e. The van der Waals surface area contributed by atoms with E-state index in [2.05, 4.69) is 28.8 Å². The number of likely N-dealkylation sites (tertiary alicyclic amines) is 1. The monoisotopic (exact) mass is 535 g/mol. The van der Waals surface area contributed by atoms with Gasteiger partial charge in [0.2, 0.25) is 5.95 Å². The molecule has 8 nitrogen and oxygen atoms in total. The minimum absolute atomic E-state index is 0.133. The third-order valence-electron chi connectivity index (χ3n) is 6.94. The number of carboxylic acids is 1. The van der Waals surface area contributed by atoms with E-state index < -0.39 is 11.5 Å². The molecule has 0 spiro atoms. The number of H-pyrrole nitrogens is 1. The molecule has 0 amide bonds. The number of nitrogens with two attached hydrogens (primary N) is 1. The zero-order chi connectivity index (χ0) is 27.0. The van der Waals surface area contributed by atoms with Crippen LogP contribution >= 0.6 is 11.8 Å². The van der Waals surface area contributed by atoms with Crippen LogP contribution in [-0.4, -0.2) is 70.7 Å². The lowest BCUT2D eigenvalue weighted by Crippen LogP contribution is -2.55. The number of aromatic nitrogens is 2. The number of hydroxylamine groups is 1. The van der Waals surface area contributed by atoms with E-state index in [1.807, 2.05) is 54.8 Å². The Morgan fingerprint density at radius 2 is 2.08 bits per heavy atom. The van der Waals surface area contributed by atoms with Crippen molar-refractivity contribution in [1.82, 2.24) is 14.9 Å². The molecule has 2 heterocycles. The summed E-state index contributed by atoms with van der Waals surface area (Å²) in [4.78, 5) is 30.5. The molecule has 4 N–H and O–H groups in total. The van der Waals surface area contributed by atoms with E-state index in [9.17, 15) is 9.90 Å². The van der Waals surface area contributed by atoms with Gasteiger partial charge >= 0.3 is 5.97 Å². The molecule has 4 rings (SSSR count). The summed E-state index contributed by atoms with van der Waals surface area (Å²) in [5.74, 6) is 6.34. The first-order valence-corrected chi connectivity index (χ1v) is 14.5. The van der Waals surface area contributed by atoms with Crippen molar-refractivity contribution in [2.45, 2.75) is 43.7 Å². The van der Waals surface area contributed by atoms with Crippen molar-refractivity contribution in [3.8, 4) is 11.8 Å². The number of piperidine rings is 1. The second-order valence-electron chi connectivity index (χ2n) is 9.66. The summed E-state index contributed by atoms with van der Waals surface area (Å²) in [6, 6.07) is 15.2. The predicted octanol–water partition coefficient (Wildman–Crippen LogP) is 4.22. The molecule has 9 heteroatoms. The molecule has 1 aromatic heterocycles. The van der Waals surface area contributed by atoms with Gasteiger partial charge in [0, 0.05) is 25.1 Å². The van der Waals surface area contributed by atoms with Crippen molar-refractivity contribution >= 4 is 34.7 Å². The number of hydrogen-bond donors (Lipinski definition) is 3. The van der Waals surface area contributed by atoms with Gasteiger partial charge in [-0.3, -0.25) is 4.84 Å². The smallest absolute Gasteiger partial charge is 0.336 e. The van der Waals surface area contributed by atoms with Crippen molar-refractivity contribution in [2.75, 3.05) is 43.8 Å². The Kier molecular flexibility index (Phi) is 9.69. The molecule has 0 bridgehead atoms. The van der Waals surface area contributed by atoms with Gasteiger partial charge in [0.25, 0.3) is 0 Å². The summed E-state index contributed by atoms with van der Waals surface area (Å²) in [6.07, 6.45) is 5.29. The molecule has 1 fully saturated rings. The molecular formula is C29H37N5O3S. The number of unbranched alkanes of at least 4 members (excludes halogenated alkanes) is 1. The predicted molar refractivity (Wildman–Crippen MR) is 154 cm³/mol. The number of thioether (sulfide) groups is 1. The number of nitrogens with one attached hydrogen (secondary N) is 1. The fourth-order valence-electron chi connectivity index (χ4n) is 4.73. The summed E-state index contributed by atoms with van der Waals surface area (Å²) >= 11 is 1.61. The summed E-state index contributed by atoms with van der Waals surface area (Å²) in [5, 5.41) is 12.5. The Hall–Kier alpha value is -3.03. The number of carbonyl (C=O) groups is 1. The van der Waals surface area contributed by atoms with Crippen molar-refractivity contribution in [3.63, 3.8) is 0 Å². The lowest BCUT2D eigenvalue weighted by Gasteiger charge is -2.42. The highest BCUT2D eigenvalue weighted by molar-refractivity contribution is 7.98. The van der Waals surface area contributed by atoms with Crippen LogP contribution in [0.4, 0.5) is 5.95 Å². The highest BCUT2D eigenvalue weighted by Gasteiger charge is 2.49. The van der Waals surface area contributed by atoms with Crippen LogP contribution in [0.25, 0.3) is 11.0 Å². The maximum absolute atomic E-state index is 13.4. The average Bonchev–Trinajstić information content (AvgIpc) is 3.36. The summed E-state index contributed by atoms with van der Waals surface area (Å²) in [6.45, 7) is 2.36. The van der Waals surface area contributed by atoms with Gasteiger partial charge in [0.05, 0.1) is 17.1 Å². The third kappa shape index (κ3) is 6.33. The fraction of sp³-hybridized carbons (Fsp3) is 0.448. The Balaban J connectivity index is 1.84. The minimum atomic E-state index is -1.52. The molecule has 202 valence electrons. The van der Waals surface area contributed by atoms with E-state index in [1.54, 1.807) is 16.8 Å². The van der Waals surface area contributed by atoms with E-state index in [0.717, 1.165) is 48.9 Å². The number of nitrogens with zero attached hydrogens (tertiary/aromatic N) is 3. The van der Waals surface area contributed by atoms with Crippen LogP contribution in [-0.2, 0) is 15.2 Å². The molecule has 1 saturated heterocycles. The number of para-hydroxylation sites is 2. The number of benzene rings is 2. The first-order chi connectivity index (χ1) is 18.5. The first kappa shape index (κ1) is 28.0. The molecule has 2 aromatic carbocycles. The van der Waals surface area contributed by atoms with E-state index in [4.69, 9.17) is 15.6 Å². The fourth-order valence-corrected chi connectivity index (χ4v) is 5.23. The molecule has 38 heavy (non-hydrogen) atoms. The molecule has 0 unspecified atom stereocenters. The number of carboxylic acid groups (broad SMARTS) is 1. The Morgan fingerprint density at radius 3 is 2.79 bits per heavy atom. The van der Waals surface area contributed by atoms with Gasteiger partial charge in [-0.25, -0.2) is 9.78 Å². The summed E-state index contributed by atoms with van der Waals surface area (Å²) in [5.41, 5.74) is 7.03. The second kappa shape index (κ2) is 13.2. The van der Waals surface area contributed by atoms with Crippen molar-refractivity contribution in [1.29, 1.82) is 0 Å². The number of aromatic amines is 1. The van der Waals surface area contributed by atoms with E-state index in [1.165, 1.54) is 0 Å². The number of imidazole rings is 1. The van der Waals surface area contributed by atoms with Crippen LogP contribution in [0.2, 0.25) is 0 Å². The van der Waals surface area contributed by atoms with E-state index in [0.29, 0.717) is 36.7 Å². The molecule has 0 aliphatic carbocycles. The quantitative estimate of drug-likeness (QED) is 0.190. The lowest BCUT2D eigenvalue weighted by molar-refractivity contribution is -0.151. The highest BCUT2D eigenvalue weighted by atomic mass is 32.2. The molecule has 0 radical (unpaired) electrons. The maximum atomic E-state index is 13.4. The lowest BCUT2D eigenvalue weighted by atomic mass is 9.85. The zero-order valence-electron chi connectivity index (χ0n) is 22.2. The van der Waals surface area contributed by atoms with Gasteiger partial charge in [0.1, 0.15) is 0 Å². The SMILES string of the molecule is CSCC[C@@](C(=O)O)(c1cccc(C#CCCCN)c1)N(OC1CCN(C)CC1)c1nc2ccccc2[nH]1. The topological polar surface area (TPSA) is 108 Å². The second-order valence-corrected chi connectivity index (χ2v) is 10.6. The molecule has 0 saturated carbocycles. The van der Waals surface area contributed by atoms with Crippen LogP contribution in [0.3, 0.4) is 0 Å². The van der Waals surface area contributed by atoms with Crippen LogP contribution < -0.4 is 10.8 Å². The molecule has 1 aliphatic heterocycles. The number of hydrogen-bond acceptors (Lipinski definition) is 7. The van der Waals surface area contributed by atoms with Gasteiger partial charge in [-0.05, 0) is 81.1 Å². The Bertz CT molecular complexity index is 1240. The molecule has 1 atom stereocenters. The van der Waals surface area contributed by atoms with Gasteiger partial charge in [-0.1, -0.05) is 36.1 Å². The van der Waals surface area contributed by atoms with E-state index in [-0.39, 0.29) is 6.10 Å². The number of aliphatic carboxylic acids is 1. The number of rotatable bonds is 11. The standard InChI is InChI=1S/C29H37N5O3S/c1-33-18-14-24(15-19-33)37-34(28-31-25-12-5-6-13-26(25)32-28)29(27(35)36,16-20-38-2)23-11-8-10-22(21-23)9-4-3-7-17-30/h5-6,8,10-13,21,24H,3,7,14-20,30H2,1-2H3,(H,31,32)(H,35,36)/t29-/m0/s1. The van der Waals surface area contributed by atoms with E-state index >= 15 is 0 Å². The van der Waals surface area contributed by atoms with Crippen molar-refractivity contribution in [2.24, 2.45) is 5.73 Å².